The lowest BCUT2D eigenvalue weighted by Gasteiger charge is -2.14. The highest BCUT2D eigenvalue weighted by Gasteiger charge is 2.12. The SMILES string of the molecule is OC(Cc1ccc2ccccc2c1)c1ccc(Cl)cc1Br. The lowest BCUT2D eigenvalue weighted by molar-refractivity contribution is 0.178. The molecule has 3 aromatic carbocycles. The zero-order valence-electron chi connectivity index (χ0n) is 11.3. The maximum Gasteiger partial charge on any atom is 0.0841 e. The van der Waals surface area contributed by atoms with Crippen LogP contribution in [0.15, 0.2) is 65.1 Å². The number of halogens is 2. The van der Waals surface area contributed by atoms with Gasteiger partial charge in [-0.15, -0.1) is 0 Å². The minimum absolute atomic E-state index is 0.558. The van der Waals surface area contributed by atoms with E-state index in [1.165, 1.54) is 10.8 Å². The first-order valence-corrected chi connectivity index (χ1v) is 7.91. The summed E-state index contributed by atoms with van der Waals surface area (Å²) in [6, 6.07) is 20.0. The number of benzene rings is 3. The fraction of sp³-hybridized carbons (Fsp3) is 0.111. The van der Waals surface area contributed by atoms with Crippen molar-refractivity contribution in [3.05, 3.63) is 81.3 Å². The molecule has 1 unspecified atom stereocenters. The van der Waals surface area contributed by atoms with Crippen molar-refractivity contribution in [3.8, 4) is 0 Å². The molecule has 21 heavy (non-hydrogen) atoms. The Bertz CT molecular complexity index is 785. The third-order valence-corrected chi connectivity index (χ3v) is 4.49. The van der Waals surface area contributed by atoms with Gasteiger partial charge < -0.3 is 5.11 Å². The van der Waals surface area contributed by atoms with E-state index in [1.807, 2.05) is 18.2 Å². The van der Waals surface area contributed by atoms with Gasteiger partial charge in [0, 0.05) is 15.9 Å². The van der Waals surface area contributed by atoms with E-state index in [9.17, 15) is 5.11 Å². The summed E-state index contributed by atoms with van der Waals surface area (Å²) in [5, 5.41) is 13.5. The van der Waals surface area contributed by atoms with Crippen LogP contribution in [-0.4, -0.2) is 5.11 Å². The van der Waals surface area contributed by atoms with Crippen molar-refractivity contribution in [2.75, 3.05) is 0 Å². The maximum atomic E-state index is 10.4. The van der Waals surface area contributed by atoms with Crippen LogP contribution in [0.1, 0.15) is 17.2 Å². The molecular weight excluding hydrogens is 348 g/mol. The second-order valence-electron chi connectivity index (χ2n) is 5.07. The van der Waals surface area contributed by atoms with Crippen molar-refractivity contribution < 1.29 is 5.11 Å². The minimum atomic E-state index is -0.558. The largest absolute Gasteiger partial charge is 0.388 e. The van der Waals surface area contributed by atoms with Gasteiger partial charge in [-0.05, 0) is 34.0 Å². The van der Waals surface area contributed by atoms with Gasteiger partial charge in [-0.1, -0.05) is 76.1 Å². The first-order chi connectivity index (χ1) is 10.1. The predicted molar refractivity (Wildman–Crippen MR) is 91.8 cm³/mol. The van der Waals surface area contributed by atoms with E-state index < -0.39 is 6.10 Å². The lowest BCUT2D eigenvalue weighted by Crippen LogP contribution is -2.02. The van der Waals surface area contributed by atoms with E-state index in [-0.39, 0.29) is 0 Å². The first kappa shape index (κ1) is 14.6. The quantitative estimate of drug-likeness (QED) is 0.650. The second kappa shape index (κ2) is 6.18. The van der Waals surface area contributed by atoms with E-state index in [0.29, 0.717) is 11.4 Å². The monoisotopic (exact) mass is 360 g/mol. The predicted octanol–water partition coefficient (Wildman–Crippen LogP) is 5.53. The molecule has 0 amide bonds. The summed E-state index contributed by atoms with van der Waals surface area (Å²) >= 11 is 9.39. The van der Waals surface area contributed by atoms with Crippen LogP contribution in [0.25, 0.3) is 10.8 Å². The molecule has 0 saturated heterocycles. The van der Waals surface area contributed by atoms with Crippen LogP contribution in [0.3, 0.4) is 0 Å². The topological polar surface area (TPSA) is 20.2 Å². The molecule has 1 nitrogen and oxygen atoms in total. The average Bonchev–Trinajstić information content (AvgIpc) is 2.47. The standard InChI is InChI=1S/C18H14BrClO/c19-17-11-15(20)7-8-16(17)18(21)10-12-5-6-13-3-1-2-4-14(13)9-12/h1-9,11,18,21H,10H2. The molecule has 3 rings (SSSR count). The Morgan fingerprint density at radius 1 is 0.952 bits per heavy atom. The zero-order valence-corrected chi connectivity index (χ0v) is 13.6. The molecule has 0 heterocycles. The van der Waals surface area contributed by atoms with Crippen molar-refractivity contribution in [2.24, 2.45) is 0 Å². The Hall–Kier alpha value is -1.35. The first-order valence-electron chi connectivity index (χ1n) is 6.74. The van der Waals surface area contributed by atoms with Gasteiger partial charge in [-0.2, -0.15) is 0 Å². The summed E-state index contributed by atoms with van der Waals surface area (Å²) in [6.45, 7) is 0. The summed E-state index contributed by atoms with van der Waals surface area (Å²) < 4.78 is 0.836. The fourth-order valence-electron chi connectivity index (χ4n) is 2.47. The van der Waals surface area contributed by atoms with Crippen LogP contribution >= 0.6 is 27.5 Å². The molecule has 0 spiro atoms. The van der Waals surface area contributed by atoms with Crippen LogP contribution in [-0.2, 0) is 6.42 Å². The van der Waals surface area contributed by atoms with Gasteiger partial charge in [-0.25, -0.2) is 0 Å². The fourth-order valence-corrected chi connectivity index (χ4v) is 3.42. The molecule has 0 aliphatic heterocycles. The van der Waals surface area contributed by atoms with Gasteiger partial charge in [0.1, 0.15) is 0 Å². The summed E-state index contributed by atoms with van der Waals surface area (Å²) in [7, 11) is 0. The number of hydrogen-bond donors (Lipinski definition) is 1. The number of aliphatic hydroxyl groups excluding tert-OH is 1. The van der Waals surface area contributed by atoms with Gasteiger partial charge in [0.2, 0.25) is 0 Å². The van der Waals surface area contributed by atoms with E-state index in [4.69, 9.17) is 11.6 Å². The summed E-state index contributed by atoms with van der Waals surface area (Å²) in [6.07, 6.45) is 0.0169. The minimum Gasteiger partial charge on any atom is -0.388 e. The van der Waals surface area contributed by atoms with Crippen molar-refractivity contribution >= 4 is 38.3 Å². The van der Waals surface area contributed by atoms with Gasteiger partial charge in [0.25, 0.3) is 0 Å². The van der Waals surface area contributed by atoms with Crippen molar-refractivity contribution in [3.63, 3.8) is 0 Å². The Kier molecular flexibility index (Phi) is 4.29. The molecule has 0 aliphatic rings. The van der Waals surface area contributed by atoms with Gasteiger partial charge in [-0.3, -0.25) is 0 Å². The molecular formula is C18H14BrClO. The highest BCUT2D eigenvalue weighted by molar-refractivity contribution is 9.10. The zero-order chi connectivity index (χ0) is 14.8. The number of hydrogen-bond acceptors (Lipinski definition) is 1. The van der Waals surface area contributed by atoms with Crippen molar-refractivity contribution in [2.45, 2.75) is 12.5 Å². The third-order valence-electron chi connectivity index (χ3n) is 3.56. The summed E-state index contributed by atoms with van der Waals surface area (Å²) in [5.74, 6) is 0. The van der Waals surface area contributed by atoms with Crippen molar-refractivity contribution in [1.29, 1.82) is 0 Å². The highest BCUT2D eigenvalue weighted by atomic mass is 79.9. The van der Waals surface area contributed by atoms with Gasteiger partial charge in [0.05, 0.1) is 6.10 Å². The van der Waals surface area contributed by atoms with E-state index in [0.717, 1.165) is 15.6 Å². The Labute approximate surface area is 137 Å². The molecule has 106 valence electrons. The Morgan fingerprint density at radius 2 is 1.71 bits per heavy atom. The number of rotatable bonds is 3. The second-order valence-corrected chi connectivity index (χ2v) is 6.36. The van der Waals surface area contributed by atoms with Gasteiger partial charge in [0.15, 0.2) is 0 Å². The number of aliphatic hydroxyl groups is 1. The average molecular weight is 362 g/mol. The smallest absolute Gasteiger partial charge is 0.0841 e. The van der Waals surface area contributed by atoms with Gasteiger partial charge >= 0.3 is 0 Å². The molecule has 0 saturated carbocycles. The van der Waals surface area contributed by atoms with Crippen LogP contribution in [0, 0.1) is 0 Å². The highest BCUT2D eigenvalue weighted by Crippen LogP contribution is 2.29. The van der Waals surface area contributed by atoms with Crippen LogP contribution in [0.5, 0.6) is 0 Å². The molecule has 3 aromatic rings. The van der Waals surface area contributed by atoms with E-state index >= 15 is 0 Å². The van der Waals surface area contributed by atoms with Crippen LogP contribution in [0.2, 0.25) is 5.02 Å². The number of fused-ring (bicyclic) bond motifs is 1. The van der Waals surface area contributed by atoms with Crippen molar-refractivity contribution in [1.82, 2.24) is 0 Å². The molecule has 1 N–H and O–H groups in total. The van der Waals surface area contributed by atoms with E-state index in [1.54, 1.807) is 12.1 Å². The summed E-state index contributed by atoms with van der Waals surface area (Å²) in [5.41, 5.74) is 1.97. The molecule has 0 aromatic heterocycles. The van der Waals surface area contributed by atoms with Crippen LogP contribution < -0.4 is 0 Å². The molecule has 0 bridgehead atoms. The maximum absolute atomic E-state index is 10.4. The lowest BCUT2D eigenvalue weighted by atomic mass is 9.99. The normalized spacial score (nSPS) is 12.5. The molecule has 0 aliphatic carbocycles. The Morgan fingerprint density at radius 3 is 2.48 bits per heavy atom. The Balaban J connectivity index is 1.87. The third kappa shape index (κ3) is 3.29. The molecule has 1 atom stereocenters. The van der Waals surface area contributed by atoms with Crippen LogP contribution in [0.4, 0.5) is 0 Å². The molecule has 0 radical (unpaired) electrons. The summed E-state index contributed by atoms with van der Waals surface area (Å²) in [4.78, 5) is 0. The molecule has 0 fully saturated rings. The van der Waals surface area contributed by atoms with E-state index in [2.05, 4.69) is 46.3 Å². The molecule has 3 heteroatoms.